The average Bonchev–Trinajstić information content (AvgIpc) is 3.21. The molecule has 0 N–H and O–H groups in total. The Labute approximate surface area is 150 Å². The van der Waals surface area contributed by atoms with Crippen molar-refractivity contribution in [3.05, 3.63) is 33.9 Å². The van der Waals surface area contributed by atoms with Gasteiger partial charge in [0.1, 0.15) is 6.10 Å². The Bertz CT molecular complexity index is 708. The minimum absolute atomic E-state index is 0.0188. The van der Waals surface area contributed by atoms with E-state index in [1.165, 1.54) is 25.3 Å². The highest BCUT2D eigenvalue weighted by Gasteiger charge is 2.32. The monoisotopic (exact) mass is 363 g/mol. The summed E-state index contributed by atoms with van der Waals surface area (Å²) in [6.45, 7) is 2.25. The zero-order valence-corrected chi connectivity index (χ0v) is 14.6. The maximum Gasteiger partial charge on any atom is 0.311 e. The van der Waals surface area contributed by atoms with Gasteiger partial charge in [-0.05, 0) is 25.0 Å². The molecule has 2 heterocycles. The van der Waals surface area contributed by atoms with Crippen LogP contribution in [-0.2, 0) is 9.53 Å². The van der Waals surface area contributed by atoms with Gasteiger partial charge in [-0.1, -0.05) is 0 Å². The quantitative estimate of drug-likeness (QED) is 0.586. The highest BCUT2D eigenvalue weighted by molar-refractivity contribution is 5.95. The fourth-order valence-electron chi connectivity index (χ4n) is 3.25. The zero-order chi connectivity index (χ0) is 18.7. The summed E-state index contributed by atoms with van der Waals surface area (Å²) in [6, 6.07) is 4.16. The highest BCUT2D eigenvalue weighted by Crippen LogP contribution is 2.28. The standard InChI is InChI=1S/C17H21N3O6/c1-25-14-5-4-12(11-13(14)20(23)24)16(21)18-6-8-19(9-7-18)17(22)15-3-2-10-26-15/h4-5,11,15H,2-3,6-10H2,1H3/t15-/m0/s1. The molecule has 26 heavy (non-hydrogen) atoms. The maximum absolute atomic E-state index is 12.6. The van der Waals surface area contributed by atoms with Crippen LogP contribution in [0.25, 0.3) is 0 Å². The van der Waals surface area contributed by atoms with Crippen LogP contribution in [0.5, 0.6) is 5.75 Å². The molecule has 0 aliphatic carbocycles. The summed E-state index contributed by atoms with van der Waals surface area (Å²) in [7, 11) is 1.34. The van der Waals surface area contributed by atoms with Gasteiger partial charge >= 0.3 is 5.69 Å². The summed E-state index contributed by atoms with van der Waals surface area (Å²) < 4.78 is 10.4. The Balaban J connectivity index is 1.64. The molecule has 2 saturated heterocycles. The number of ether oxygens (including phenoxy) is 2. The number of nitrogens with zero attached hydrogens (tertiary/aromatic N) is 3. The van der Waals surface area contributed by atoms with Crippen LogP contribution in [-0.4, -0.2) is 72.5 Å². The molecule has 0 aromatic heterocycles. The van der Waals surface area contributed by atoms with Crippen molar-refractivity contribution in [2.45, 2.75) is 18.9 Å². The molecular formula is C17H21N3O6. The van der Waals surface area contributed by atoms with Crippen LogP contribution in [0.3, 0.4) is 0 Å². The van der Waals surface area contributed by atoms with E-state index in [4.69, 9.17) is 9.47 Å². The van der Waals surface area contributed by atoms with E-state index in [1.54, 1.807) is 9.80 Å². The SMILES string of the molecule is COc1ccc(C(=O)N2CCN(C(=O)[C@@H]3CCCO3)CC2)cc1[N+](=O)[O-]. The molecule has 1 aromatic rings. The number of nitro groups is 1. The number of carbonyl (C=O) groups is 2. The van der Waals surface area contributed by atoms with E-state index in [2.05, 4.69) is 0 Å². The van der Waals surface area contributed by atoms with Crippen LogP contribution >= 0.6 is 0 Å². The van der Waals surface area contributed by atoms with Gasteiger partial charge in [0.25, 0.3) is 11.8 Å². The number of hydrogen-bond donors (Lipinski definition) is 0. The second-order valence-corrected chi connectivity index (χ2v) is 6.26. The van der Waals surface area contributed by atoms with Gasteiger partial charge in [-0.2, -0.15) is 0 Å². The van der Waals surface area contributed by atoms with E-state index >= 15 is 0 Å². The van der Waals surface area contributed by atoms with Crippen molar-refractivity contribution in [3.8, 4) is 5.75 Å². The molecule has 9 nitrogen and oxygen atoms in total. The smallest absolute Gasteiger partial charge is 0.311 e. The first-order valence-corrected chi connectivity index (χ1v) is 8.53. The van der Waals surface area contributed by atoms with Crippen LogP contribution < -0.4 is 4.74 Å². The van der Waals surface area contributed by atoms with Crippen molar-refractivity contribution in [2.24, 2.45) is 0 Å². The Morgan fingerprint density at radius 1 is 1.23 bits per heavy atom. The van der Waals surface area contributed by atoms with E-state index in [1.807, 2.05) is 0 Å². The lowest BCUT2D eigenvalue weighted by molar-refractivity contribution is -0.385. The van der Waals surface area contributed by atoms with E-state index in [-0.39, 0.29) is 34.9 Å². The third-order valence-corrected chi connectivity index (χ3v) is 4.71. The van der Waals surface area contributed by atoms with E-state index in [0.29, 0.717) is 32.8 Å². The predicted octanol–water partition coefficient (Wildman–Crippen LogP) is 1.07. The number of benzene rings is 1. The van der Waals surface area contributed by atoms with E-state index in [0.717, 1.165) is 12.8 Å². The van der Waals surface area contributed by atoms with Crippen LogP contribution in [0.15, 0.2) is 18.2 Å². The second kappa shape index (κ2) is 7.69. The third kappa shape index (κ3) is 3.62. The Morgan fingerprint density at radius 2 is 1.92 bits per heavy atom. The van der Waals surface area contributed by atoms with Gasteiger partial charge in [0.15, 0.2) is 5.75 Å². The predicted molar refractivity (Wildman–Crippen MR) is 91.1 cm³/mol. The van der Waals surface area contributed by atoms with Gasteiger partial charge in [0, 0.05) is 44.4 Å². The molecule has 0 unspecified atom stereocenters. The van der Waals surface area contributed by atoms with E-state index in [9.17, 15) is 19.7 Å². The van der Waals surface area contributed by atoms with Crippen molar-refractivity contribution in [2.75, 3.05) is 39.9 Å². The van der Waals surface area contributed by atoms with Crippen LogP contribution in [0, 0.1) is 10.1 Å². The average molecular weight is 363 g/mol. The minimum atomic E-state index is -0.576. The molecule has 2 amide bonds. The highest BCUT2D eigenvalue weighted by atomic mass is 16.6. The fourth-order valence-corrected chi connectivity index (χ4v) is 3.25. The van der Waals surface area contributed by atoms with Crippen molar-refractivity contribution < 1.29 is 24.0 Å². The molecule has 2 aliphatic rings. The number of piperazine rings is 1. The van der Waals surface area contributed by atoms with Crippen molar-refractivity contribution in [3.63, 3.8) is 0 Å². The van der Waals surface area contributed by atoms with Gasteiger partial charge < -0.3 is 19.3 Å². The van der Waals surface area contributed by atoms with Crippen molar-refractivity contribution in [1.82, 2.24) is 9.80 Å². The minimum Gasteiger partial charge on any atom is -0.490 e. The molecule has 1 atom stereocenters. The third-order valence-electron chi connectivity index (χ3n) is 4.71. The number of hydrogen-bond acceptors (Lipinski definition) is 6. The van der Waals surface area contributed by atoms with Gasteiger partial charge in [-0.25, -0.2) is 0 Å². The number of amides is 2. The van der Waals surface area contributed by atoms with Gasteiger partial charge in [-0.3, -0.25) is 19.7 Å². The van der Waals surface area contributed by atoms with Gasteiger partial charge in [0.2, 0.25) is 0 Å². The molecular weight excluding hydrogens is 342 g/mol. The molecule has 1 aromatic carbocycles. The molecule has 2 fully saturated rings. The summed E-state index contributed by atoms with van der Waals surface area (Å²) in [5.74, 6) is -0.201. The Hall–Kier alpha value is -2.68. The molecule has 3 rings (SSSR count). The van der Waals surface area contributed by atoms with Crippen molar-refractivity contribution in [1.29, 1.82) is 0 Å². The lowest BCUT2D eigenvalue weighted by atomic mass is 10.1. The number of nitro benzene ring substituents is 1. The summed E-state index contributed by atoms with van der Waals surface area (Å²) in [5, 5.41) is 11.1. The van der Waals surface area contributed by atoms with E-state index < -0.39 is 4.92 Å². The number of methoxy groups -OCH3 is 1. The first kappa shape index (κ1) is 18.1. The van der Waals surface area contributed by atoms with Crippen LogP contribution in [0.2, 0.25) is 0 Å². The lowest BCUT2D eigenvalue weighted by Crippen LogP contribution is -2.52. The zero-order valence-electron chi connectivity index (χ0n) is 14.6. The first-order chi connectivity index (χ1) is 12.5. The maximum atomic E-state index is 12.6. The Morgan fingerprint density at radius 3 is 2.50 bits per heavy atom. The summed E-state index contributed by atoms with van der Waals surface area (Å²) in [6.07, 6.45) is 1.28. The second-order valence-electron chi connectivity index (χ2n) is 6.26. The lowest BCUT2D eigenvalue weighted by Gasteiger charge is -2.35. The van der Waals surface area contributed by atoms with Gasteiger partial charge in [-0.15, -0.1) is 0 Å². The fraction of sp³-hybridized carbons (Fsp3) is 0.529. The summed E-state index contributed by atoms with van der Waals surface area (Å²) in [5.41, 5.74) is -0.0121. The molecule has 0 saturated carbocycles. The van der Waals surface area contributed by atoms with Crippen LogP contribution in [0.1, 0.15) is 23.2 Å². The topological polar surface area (TPSA) is 102 Å². The van der Waals surface area contributed by atoms with Crippen LogP contribution in [0.4, 0.5) is 5.69 Å². The Kier molecular flexibility index (Phi) is 5.36. The molecule has 2 aliphatic heterocycles. The normalized spacial score (nSPS) is 20.1. The number of carbonyl (C=O) groups excluding carboxylic acids is 2. The number of rotatable bonds is 4. The molecule has 0 spiro atoms. The molecule has 0 radical (unpaired) electrons. The summed E-state index contributed by atoms with van der Waals surface area (Å²) >= 11 is 0. The van der Waals surface area contributed by atoms with Crippen molar-refractivity contribution >= 4 is 17.5 Å². The summed E-state index contributed by atoms with van der Waals surface area (Å²) in [4.78, 5) is 38.9. The molecule has 0 bridgehead atoms. The van der Waals surface area contributed by atoms with Gasteiger partial charge in [0.05, 0.1) is 12.0 Å². The first-order valence-electron chi connectivity index (χ1n) is 8.53. The largest absolute Gasteiger partial charge is 0.490 e. The molecule has 9 heteroatoms. The molecule has 140 valence electrons.